The summed E-state index contributed by atoms with van der Waals surface area (Å²) in [5.74, 6) is -0.675. The molecular formula is C22H20ClN5O3S. The van der Waals surface area contributed by atoms with Crippen LogP contribution >= 0.6 is 11.6 Å². The van der Waals surface area contributed by atoms with E-state index in [2.05, 4.69) is 10.4 Å². The molecule has 0 saturated heterocycles. The third-order valence-corrected chi connectivity index (χ3v) is 6.03. The van der Waals surface area contributed by atoms with Gasteiger partial charge in [-0.25, -0.2) is 18.2 Å². The lowest BCUT2D eigenvalue weighted by Crippen LogP contribution is -2.14. The third kappa shape index (κ3) is 4.89. The maximum atomic E-state index is 12.6. The van der Waals surface area contributed by atoms with Gasteiger partial charge in [0.05, 0.1) is 16.3 Å². The molecule has 3 N–H and O–H groups in total. The van der Waals surface area contributed by atoms with E-state index < -0.39 is 15.9 Å². The highest BCUT2D eigenvalue weighted by atomic mass is 35.5. The molecule has 32 heavy (non-hydrogen) atoms. The summed E-state index contributed by atoms with van der Waals surface area (Å²) >= 11 is 6.56. The van der Waals surface area contributed by atoms with E-state index in [0.717, 1.165) is 16.8 Å². The largest absolute Gasteiger partial charge is 0.321 e. The van der Waals surface area contributed by atoms with Crippen LogP contribution < -0.4 is 10.5 Å². The molecule has 1 heterocycles. The number of aryl methyl sites for hydroxylation is 3. The lowest BCUT2D eigenvalue weighted by molar-refractivity contribution is -0.112. The van der Waals surface area contributed by atoms with Crippen LogP contribution in [0.4, 0.5) is 5.69 Å². The van der Waals surface area contributed by atoms with Crippen LogP contribution in [-0.2, 0) is 14.8 Å². The number of benzene rings is 2. The van der Waals surface area contributed by atoms with Crippen LogP contribution in [0.1, 0.15) is 22.4 Å². The predicted octanol–water partition coefficient (Wildman–Crippen LogP) is 3.64. The monoisotopic (exact) mass is 469 g/mol. The quantitative estimate of drug-likeness (QED) is 0.435. The fraction of sp³-hybridized carbons (Fsp3) is 0.136. The first-order chi connectivity index (χ1) is 15.0. The molecule has 0 spiro atoms. The van der Waals surface area contributed by atoms with E-state index in [0.29, 0.717) is 16.9 Å². The lowest BCUT2D eigenvalue weighted by atomic mass is 10.1. The Balaban J connectivity index is 1.93. The van der Waals surface area contributed by atoms with Crippen molar-refractivity contribution in [2.45, 2.75) is 25.7 Å². The molecule has 0 aliphatic carbocycles. The van der Waals surface area contributed by atoms with Crippen molar-refractivity contribution in [2.24, 2.45) is 5.14 Å². The fourth-order valence-corrected chi connectivity index (χ4v) is 3.84. The molecule has 1 aromatic heterocycles. The van der Waals surface area contributed by atoms with Gasteiger partial charge in [-0.3, -0.25) is 4.79 Å². The van der Waals surface area contributed by atoms with E-state index in [4.69, 9.17) is 16.7 Å². The Bertz CT molecular complexity index is 1380. The highest BCUT2D eigenvalue weighted by molar-refractivity contribution is 7.89. The van der Waals surface area contributed by atoms with Crippen molar-refractivity contribution >= 4 is 39.3 Å². The second kappa shape index (κ2) is 8.96. The molecule has 0 aliphatic rings. The lowest BCUT2D eigenvalue weighted by Gasteiger charge is -2.08. The zero-order valence-electron chi connectivity index (χ0n) is 17.5. The van der Waals surface area contributed by atoms with Gasteiger partial charge in [0.15, 0.2) is 0 Å². The minimum atomic E-state index is -3.85. The van der Waals surface area contributed by atoms with Gasteiger partial charge in [-0.1, -0.05) is 23.7 Å². The number of anilines is 1. The van der Waals surface area contributed by atoms with Crippen LogP contribution in [0.3, 0.4) is 0 Å². The van der Waals surface area contributed by atoms with Crippen molar-refractivity contribution in [1.82, 2.24) is 9.78 Å². The number of halogens is 1. The van der Waals surface area contributed by atoms with Crippen LogP contribution in [0.15, 0.2) is 52.9 Å². The molecule has 2 aromatic carbocycles. The Hall–Kier alpha value is -3.45. The van der Waals surface area contributed by atoms with E-state index in [9.17, 15) is 18.5 Å². The van der Waals surface area contributed by atoms with Gasteiger partial charge in [0.2, 0.25) is 10.0 Å². The minimum Gasteiger partial charge on any atom is -0.321 e. The van der Waals surface area contributed by atoms with Crippen molar-refractivity contribution in [1.29, 1.82) is 5.26 Å². The smallest absolute Gasteiger partial charge is 0.266 e. The number of rotatable bonds is 5. The number of hydrogen-bond acceptors (Lipinski definition) is 5. The van der Waals surface area contributed by atoms with E-state index in [-0.39, 0.29) is 15.6 Å². The number of hydrogen-bond donors (Lipinski definition) is 2. The molecule has 3 rings (SSSR count). The van der Waals surface area contributed by atoms with Crippen LogP contribution in [0.2, 0.25) is 5.15 Å². The van der Waals surface area contributed by atoms with Crippen molar-refractivity contribution < 1.29 is 13.2 Å². The molecular weight excluding hydrogens is 450 g/mol. The van der Waals surface area contributed by atoms with Crippen molar-refractivity contribution in [3.8, 4) is 11.8 Å². The molecule has 0 fully saturated rings. The summed E-state index contributed by atoms with van der Waals surface area (Å²) in [5, 5.41) is 21.9. The van der Waals surface area contributed by atoms with Gasteiger partial charge < -0.3 is 5.32 Å². The van der Waals surface area contributed by atoms with E-state index in [1.54, 1.807) is 11.6 Å². The van der Waals surface area contributed by atoms with Crippen LogP contribution in [0, 0.1) is 32.1 Å². The number of nitrogens with one attached hydrogen (secondary N) is 1. The van der Waals surface area contributed by atoms with Crippen molar-refractivity contribution in [3.63, 3.8) is 0 Å². The molecule has 8 nitrogen and oxygen atoms in total. The van der Waals surface area contributed by atoms with Gasteiger partial charge in [0, 0.05) is 11.3 Å². The SMILES string of the molecule is Cc1ccc(C)c(-n2nc(C)c(/C=C(\C#N)C(=O)Nc3ccc(S(N)(=O)=O)cc3)c2Cl)c1. The van der Waals surface area contributed by atoms with Crippen molar-refractivity contribution in [3.05, 3.63) is 75.6 Å². The molecule has 1 amide bonds. The predicted molar refractivity (Wildman–Crippen MR) is 123 cm³/mol. The Morgan fingerprint density at radius 1 is 1.19 bits per heavy atom. The highest BCUT2D eigenvalue weighted by Crippen LogP contribution is 2.28. The second-order valence-electron chi connectivity index (χ2n) is 7.18. The number of carbonyl (C=O) groups excluding carboxylic acids is 1. The number of nitrogens with zero attached hydrogens (tertiary/aromatic N) is 3. The van der Waals surface area contributed by atoms with E-state index in [1.807, 2.05) is 38.1 Å². The Kier molecular flexibility index (Phi) is 6.50. The number of aromatic nitrogens is 2. The highest BCUT2D eigenvalue weighted by Gasteiger charge is 2.18. The number of nitriles is 1. The maximum Gasteiger partial charge on any atom is 0.266 e. The zero-order chi connectivity index (χ0) is 23.6. The summed E-state index contributed by atoms with van der Waals surface area (Å²) in [6.07, 6.45) is 1.38. The maximum absolute atomic E-state index is 12.6. The average Bonchev–Trinajstić information content (AvgIpc) is 3.01. The van der Waals surface area contributed by atoms with Gasteiger partial charge in [0.25, 0.3) is 5.91 Å². The Morgan fingerprint density at radius 3 is 2.44 bits per heavy atom. The molecule has 0 saturated carbocycles. The molecule has 10 heteroatoms. The molecule has 0 unspecified atom stereocenters. The third-order valence-electron chi connectivity index (χ3n) is 4.74. The summed E-state index contributed by atoms with van der Waals surface area (Å²) < 4.78 is 24.3. The minimum absolute atomic E-state index is 0.0900. The number of nitrogens with two attached hydrogens (primary N) is 1. The molecule has 0 aliphatic heterocycles. The van der Waals surface area contributed by atoms with E-state index in [1.165, 1.54) is 30.3 Å². The van der Waals surface area contributed by atoms with Crippen LogP contribution in [0.25, 0.3) is 11.8 Å². The van der Waals surface area contributed by atoms with Crippen LogP contribution in [-0.4, -0.2) is 24.1 Å². The first kappa shape index (κ1) is 23.2. The normalized spacial score (nSPS) is 11.8. The van der Waals surface area contributed by atoms with Gasteiger partial charge >= 0.3 is 0 Å². The van der Waals surface area contributed by atoms with Gasteiger partial charge in [-0.2, -0.15) is 10.4 Å². The number of sulfonamides is 1. The first-order valence-electron chi connectivity index (χ1n) is 9.40. The topological polar surface area (TPSA) is 131 Å². The average molecular weight is 470 g/mol. The summed E-state index contributed by atoms with van der Waals surface area (Å²) in [5.41, 5.74) is 3.92. The fourth-order valence-electron chi connectivity index (χ4n) is 3.00. The van der Waals surface area contributed by atoms with E-state index >= 15 is 0 Å². The summed E-state index contributed by atoms with van der Waals surface area (Å²) in [6.45, 7) is 5.63. The second-order valence-corrected chi connectivity index (χ2v) is 9.10. The van der Waals surface area contributed by atoms with Crippen LogP contribution in [0.5, 0.6) is 0 Å². The van der Waals surface area contributed by atoms with Crippen molar-refractivity contribution in [2.75, 3.05) is 5.32 Å². The van der Waals surface area contributed by atoms with Gasteiger partial charge in [0.1, 0.15) is 16.8 Å². The number of primary sulfonamides is 1. The van der Waals surface area contributed by atoms with Gasteiger partial charge in [-0.15, -0.1) is 0 Å². The molecule has 0 radical (unpaired) electrons. The molecule has 0 atom stereocenters. The Labute approximate surface area is 191 Å². The summed E-state index contributed by atoms with van der Waals surface area (Å²) in [7, 11) is -3.85. The zero-order valence-corrected chi connectivity index (χ0v) is 19.1. The van der Waals surface area contributed by atoms with Gasteiger partial charge in [-0.05, 0) is 68.3 Å². The molecule has 0 bridgehead atoms. The molecule has 3 aromatic rings. The standard InChI is InChI=1S/C22H20ClN5O3S/c1-13-4-5-14(2)20(10-13)28-21(23)19(15(3)27-28)11-16(12-24)22(29)26-17-6-8-18(9-7-17)32(25,30)31/h4-11H,1-3H3,(H,26,29)(H2,25,30,31)/b16-11+. The number of amides is 1. The Morgan fingerprint density at radius 2 is 1.84 bits per heavy atom. The number of carbonyl (C=O) groups is 1. The molecule has 164 valence electrons. The first-order valence-corrected chi connectivity index (χ1v) is 11.3. The summed E-state index contributed by atoms with van der Waals surface area (Å²) in [4.78, 5) is 12.5. The summed E-state index contributed by atoms with van der Waals surface area (Å²) in [6, 6.07) is 13.0.